The Hall–Kier alpha value is -3.53. The number of carbonyl (C=O) groups is 2. The molecule has 10 heteroatoms. The Bertz CT molecular complexity index is 1050. The van der Waals surface area contributed by atoms with E-state index in [1.807, 2.05) is 12.1 Å². The van der Waals surface area contributed by atoms with Gasteiger partial charge < -0.3 is 24.3 Å². The fourth-order valence-corrected chi connectivity index (χ4v) is 3.32. The second kappa shape index (κ2) is 10.5. The van der Waals surface area contributed by atoms with Crippen LogP contribution in [0.2, 0.25) is 0 Å². The van der Waals surface area contributed by atoms with E-state index in [-0.39, 0.29) is 18.1 Å². The summed E-state index contributed by atoms with van der Waals surface area (Å²) in [7, 11) is 3.14. The molecule has 2 aromatic carbocycles. The van der Waals surface area contributed by atoms with Crippen LogP contribution in [0.3, 0.4) is 0 Å². The quantitative estimate of drug-likeness (QED) is 0.455. The van der Waals surface area contributed by atoms with E-state index in [2.05, 4.69) is 15.5 Å². The van der Waals surface area contributed by atoms with Crippen molar-refractivity contribution in [3.05, 3.63) is 59.5 Å². The molecule has 0 atom stereocenters. The molecule has 0 saturated heterocycles. The highest BCUT2D eigenvalue weighted by Gasteiger charge is 2.12. The van der Waals surface area contributed by atoms with Gasteiger partial charge in [0.1, 0.15) is 0 Å². The van der Waals surface area contributed by atoms with E-state index in [0.29, 0.717) is 40.3 Å². The molecule has 0 spiro atoms. The SMILES string of the molecule is COc1ccc(Cc2nnc(SCC(=O)Nc3ccc(CC(=O)O)cc3)o2)cc1OC. The Labute approximate surface area is 182 Å². The number of hydrogen-bond donors (Lipinski definition) is 2. The van der Waals surface area contributed by atoms with Crippen molar-refractivity contribution in [2.45, 2.75) is 18.1 Å². The number of carboxylic acid groups (broad SMARTS) is 1. The van der Waals surface area contributed by atoms with Crippen LogP contribution in [0.15, 0.2) is 52.1 Å². The zero-order valence-electron chi connectivity index (χ0n) is 17.0. The Morgan fingerprint density at radius 2 is 1.74 bits per heavy atom. The number of hydrogen-bond acceptors (Lipinski definition) is 8. The zero-order valence-corrected chi connectivity index (χ0v) is 17.8. The highest BCUT2D eigenvalue weighted by molar-refractivity contribution is 7.99. The van der Waals surface area contributed by atoms with Gasteiger partial charge in [0, 0.05) is 5.69 Å². The molecule has 162 valence electrons. The van der Waals surface area contributed by atoms with Gasteiger partial charge in [-0.05, 0) is 35.4 Å². The Kier molecular flexibility index (Phi) is 7.50. The fourth-order valence-electron chi connectivity index (χ4n) is 2.74. The molecule has 2 N–H and O–H groups in total. The first kappa shape index (κ1) is 22.2. The lowest BCUT2D eigenvalue weighted by Gasteiger charge is -2.08. The summed E-state index contributed by atoms with van der Waals surface area (Å²) in [5, 5.41) is 19.8. The van der Waals surface area contributed by atoms with Crippen molar-refractivity contribution in [1.29, 1.82) is 0 Å². The van der Waals surface area contributed by atoms with E-state index in [1.165, 1.54) is 0 Å². The van der Waals surface area contributed by atoms with Crippen LogP contribution in [0.4, 0.5) is 5.69 Å². The molecule has 0 bridgehead atoms. The third-order valence-corrected chi connectivity index (χ3v) is 4.99. The summed E-state index contributed by atoms with van der Waals surface area (Å²) in [5.41, 5.74) is 2.16. The maximum absolute atomic E-state index is 12.1. The minimum Gasteiger partial charge on any atom is -0.493 e. The van der Waals surface area contributed by atoms with Crippen LogP contribution in [-0.2, 0) is 22.4 Å². The van der Waals surface area contributed by atoms with Crippen LogP contribution in [0, 0.1) is 0 Å². The van der Waals surface area contributed by atoms with Gasteiger partial charge in [0.25, 0.3) is 5.22 Å². The maximum Gasteiger partial charge on any atom is 0.307 e. The molecule has 1 amide bonds. The van der Waals surface area contributed by atoms with Gasteiger partial charge >= 0.3 is 5.97 Å². The van der Waals surface area contributed by atoms with Crippen molar-refractivity contribution >= 4 is 29.3 Å². The van der Waals surface area contributed by atoms with Gasteiger partial charge in [-0.3, -0.25) is 9.59 Å². The topological polar surface area (TPSA) is 124 Å². The molecule has 1 heterocycles. The van der Waals surface area contributed by atoms with Crippen molar-refractivity contribution in [2.75, 3.05) is 25.3 Å². The van der Waals surface area contributed by atoms with Gasteiger partial charge in [0.2, 0.25) is 11.8 Å². The molecule has 0 aliphatic carbocycles. The minimum absolute atomic E-state index is 0.0626. The number of rotatable bonds is 10. The largest absolute Gasteiger partial charge is 0.493 e. The molecule has 9 nitrogen and oxygen atoms in total. The number of aliphatic carboxylic acids is 1. The Morgan fingerprint density at radius 3 is 2.42 bits per heavy atom. The average molecular weight is 443 g/mol. The second-order valence-electron chi connectivity index (χ2n) is 6.43. The number of aromatic nitrogens is 2. The number of benzene rings is 2. The smallest absolute Gasteiger partial charge is 0.307 e. The summed E-state index contributed by atoms with van der Waals surface area (Å²) in [5.74, 6) is 0.616. The normalized spacial score (nSPS) is 10.5. The highest BCUT2D eigenvalue weighted by Crippen LogP contribution is 2.28. The molecular weight excluding hydrogens is 422 g/mol. The molecular formula is C21H21N3O6S. The van der Waals surface area contributed by atoms with Gasteiger partial charge in [-0.2, -0.15) is 0 Å². The van der Waals surface area contributed by atoms with E-state index >= 15 is 0 Å². The van der Waals surface area contributed by atoms with Gasteiger partial charge in [0.05, 0.1) is 32.8 Å². The summed E-state index contributed by atoms with van der Waals surface area (Å²) < 4.78 is 16.1. The number of ether oxygens (including phenoxy) is 2. The van der Waals surface area contributed by atoms with Crippen LogP contribution < -0.4 is 14.8 Å². The molecule has 0 saturated carbocycles. The van der Waals surface area contributed by atoms with Crippen LogP contribution in [0.25, 0.3) is 0 Å². The zero-order chi connectivity index (χ0) is 22.2. The maximum atomic E-state index is 12.1. The molecule has 0 radical (unpaired) electrons. The van der Waals surface area contributed by atoms with Crippen molar-refractivity contribution in [3.63, 3.8) is 0 Å². The lowest BCUT2D eigenvalue weighted by atomic mass is 10.1. The molecule has 0 aliphatic heterocycles. The molecule has 0 unspecified atom stereocenters. The van der Waals surface area contributed by atoms with E-state index in [4.69, 9.17) is 19.0 Å². The number of nitrogens with zero attached hydrogens (tertiary/aromatic N) is 2. The number of anilines is 1. The molecule has 3 rings (SSSR count). The van der Waals surface area contributed by atoms with E-state index < -0.39 is 5.97 Å². The van der Waals surface area contributed by atoms with E-state index in [9.17, 15) is 9.59 Å². The number of carbonyl (C=O) groups excluding carboxylic acids is 1. The van der Waals surface area contributed by atoms with Gasteiger partial charge in [-0.25, -0.2) is 0 Å². The number of carboxylic acids is 1. The molecule has 31 heavy (non-hydrogen) atoms. The van der Waals surface area contributed by atoms with Crippen molar-refractivity contribution in [1.82, 2.24) is 10.2 Å². The first-order chi connectivity index (χ1) is 15.0. The standard InChI is InChI=1S/C21H21N3O6S/c1-28-16-8-5-14(9-17(16)29-2)10-19-23-24-21(30-19)31-12-18(25)22-15-6-3-13(4-7-15)11-20(26)27/h3-9H,10-12H2,1-2H3,(H,22,25)(H,26,27). The Morgan fingerprint density at radius 1 is 1.03 bits per heavy atom. The summed E-state index contributed by atoms with van der Waals surface area (Å²) in [6, 6.07) is 12.2. The molecule has 0 fully saturated rings. The monoisotopic (exact) mass is 443 g/mol. The number of nitrogens with one attached hydrogen (secondary N) is 1. The second-order valence-corrected chi connectivity index (χ2v) is 7.36. The fraction of sp³-hybridized carbons (Fsp3) is 0.238. The predicted octanol–water partition coefficient (Wildman–Crippen LogP) is 3.04. The summed E-state index contributed by atoms with van der Waals surface area (Å²) in [6.45, 7) is 0. The lowest BCUT2D eigenvalue weighted by molar-refractivity contribution is -0.136. The summed E-state index contributed by atoms with van der Waals surface area (Å²) in [6.07, 6.45) is 0.357. The van der Waals surface area contributed by atoms with Crippen molar-refractivity contribution in [3.8, 4) is 11.5 Å². The van der Waals surface area contributed by atoms with Crippen LogP contribution in [0.5, 0.6) is 11.5 Å². The first-order valence-corrected chi connectivity index (χ1v) is 10.2. The number of thioether (sulfide) groups is 1. The van der Waals surface area contributed by atoms with Crippen molar-refractivity contribution < 1.29 is 28.6 Å². The molecule has 0 aliphatic rings. The lowest BCUT2D eigenvalue weighted by Crippen LogP contribution is -2.14. The number of methoxy groups -OCH3 is 2. The molecule has 3 aromatic rings. The van der Waals surface area contributed by atoms with Crippen LogP contribution >= 0.6 is 11.8 Å². The first-order valence-electron chi connectivity index (χ1n) is 9.23. The van der Waals surface area contributed by atoms with E-state index in [1.54, 1.807) is 44.6 Å². The van der Waals surface area contributed by atoms with Crippen LogP contribution in [-0.4, -0.2) is 47.2 Å². The van der Waals surface area contributed by atoms with Crippen molar-refractivity contribution in [2.24, 2.45) is 0 Å². The Balaban J connectivity index is 1.50. The van der Waals surface area contributed by atoms with Gasteiger partial charge in [-0.1, -0.05) is 30.0 Å². The predicted molar refractivity (Wildman–Crippen MR) is 114 cm³/mol. The van der Waals surface area contributed by atoms with Gasteiger partial charge in [-0.15, -0.1) is 10.2 Å². The summed E-state index contributed by atoms with van der Waals surface area (Å²) in [4.78, 5) is 22.8. The highest BCUT2D eigenvalue weighted by atomic mass is 32.2. The van der Waals surface area contributed by atoms with E-state index in [0.717, 1.165) is 17.3 Å². The summed E-state index contributed by atoms with van der Waals surface area (Å²) >= 11 is 1.13. The third-order valence-electron chi connectivity index (χ3n) is 4.17. The third kappa shape index (κ3) is 6.48. The average Bonchev–Trinajstić information content (AvgIpc) is 3.20. The van der Waals surface area contributed by atoms with Gasteiger partial charge in [0.15, 0.2) is 11.5 Å². The minimum atomic E-state index is -0.904. The van der Waals surface area contributed by atoms with Crippen LogP contribution in [0.1, 0.15) is 17.0 Å². The number of amides is 1. The molecule has 1 aromatic heterocycles.